The standard InChI is InChI=1S/2C19H27N3O3/c1-18(2,3)25-17(24)21-11-9-19(10-12-21)20-13-16(23)22(19)14-15-7-5-4-6-8-15;1-18(2,3)25-17(24)21-11-9-19(10-12-21)20-16(23)14-22(19)13-15-7-5-4-6-8-15/h4-8,20H,9-14H2,1-3H3;4-8H,9-14H2,1-3H3,(H,20,23). The number of hydrogen-bond donors (Lipinski definition) is 2. The lowest BCUT2D eigenvalue weighted by Crippen LogP contribution is -2.59. The predicted molar refractivity (Wildman–Crippen MR) is 190 cm³/mol. The van der Waals surface area contributed by atoms with Crippen LogP contribution in [0.5, 0.6) is 0 Å². The SMILES string of the molecule is CC(C)(C)OC(=O)N1CCC2(CC1)NC(=O)CN2Cc1ccccc1.CC(C)(C)OC(=O)N1CCC2(CC1)NCC(=O)N2Cc1ccccc1. The highest BCUT2D eigenvalue weighted by Gasteiger charge is 2.48. The van der Waals surface area contributed by atoms with Crippen molar-refractivity contribution in [3.63, 3.8) is 0 Å². The molecule has 0 aliphatic carbocycles. The van der Waals surface area contributed by atoms with E-state index in [0.29, 0.717) is 71.5 Å². The minimum absolute atomic E-state index is 0.0571. The number of likely N-dealkylation sites (tertiary alicyclic amines) is 2. The van der Waals surface area contributed by atoms with E-state index in [9.17, 15) is 19.2 Å². The zero-order valence-corrected chi connectivity index (χ0v) is 30.5. The average molecular weight is 691 g/mol. The van der Waals surface area contributed by atoms with Gasteiger partial charge >= 0.3 is 12.2 Å². The van der Waals surface area contributed by atoms with Crippen LogP contribution in [0.15, 0.2) is 60.7 Å². The Bertz CT molecular complexity index is 1450. The van der Waals surface area contributed by atoms with Gasteiger partial charge in [-0.25, -0.2) is 9.59 Å². The Kier molecular flexibility index (Phi) is 11.1. The van der Waals surface area contributed by atoms with Crippen molar-refractivity contribution in [3.05, 3.63) is 71.8 Å². The molecule has 272 valence electrons. The molecule has 4 saturated heterocycles. The number of hydrogen-bond acceptors (Lipinski definition) is 8. The second kappa shape index (κ2) is 15.0. The number of benzene rings is 2. The van der Waals surface area contributed by atoms with E-state index >= 15 is 0 Å². The lowest BCUT2D eigenvalue weighted by molar-refractivity contribution is -0.132. The van der Waals surface area contributed by atoms with Gasteiger partial charge in [-0.15, -0.1) is 0 Å². The van der Waals surface area contributed by atoms with Crippen molar-refractivity contribution in [2.75, 3.05) is 39.3 Å². The number of piperidine rings is 2. The van der Waals surface area contributed by atoms with E-state index < -0.39 is 11.2 Å². The first-order valence-corrected chi connectivity index (χ1v) is 17.7. The molecule has 0 atom stereocenters. The number of nitrogens with one attached hydrogen (secondary N) is 2. The van der Waals surface area contributed by atoms with Crippen molar-refractivity contribution in [2.24, 2.45) is 0 Å². The highest BCUT2D eigenvalue weighted by atomic mass is 16.6. The highest BCUT2D eigenvalue weighted by Crippen LogP contribution is 2.33. The molecule has 2 N–H and O–H groups in total. The zero-order valence-electron chi connectivity index (χ0n) is 30.5. The summed E-state index contributed by atoms with van der Waals surface area (Å²) in [5, 5.41) is 6.55. The van der Waals surface area contributed by atoms with Gasteiger partial charge in [0.1, 0.15) is 11.2 Å². The molecule has 6 rings (SSSR count). The quantitative estimate of drug-likeness (QED) is 0.474. The smallest absolute Gasteiger partial charge is 0.410 e. The molecule has 50 heavy (non-hydrogen) atoms. The molecule has 0 radical (unpaired) electrons. The third-order valence-electron chi connectivity index (χ3n) is 9.58. The second-order valence-electron chi connectivity index (χ2n) is 15.7. The lowest BCUT2D eigenvalue weighted by atomic mass is 9.95. The van der Waals surface area contributed by atoms with Gasteiger partial charge in [0.25, 0.3) is 0 Å². The minimum atomic E-state index is -0.493. The van der Waals surface area contributed by atoms with Gasteiger partial charge in [0.05, 0.1) is 24.4 Å². The predicted octanol–water partition coefficient (Wildman–Crippen LogP) is 4.69. The summed E-state index contributed by atoms with van der Waals surface area (Å²) < 4.78 is 10.9. The summed E-state index contributed by atoms with van der Waals surface area (Å²) in [6.07, 6.45) is 2.30. The summed E-state index contributed by atoms with van der Waals surface area (Å²) in [4.78, 5) is 56.6. The van der Waals surface area contributed by atoms with Gasteiger partial charge in [-0.05, 0) is 52.7 Å². The van der Waals surface area contributed by atoms with E-state index in [1.54, 1.807) is 9.80 Å². The van der Waals surface area contributed by atoms with Gasteiger partial charge in [-0.3, -0.25) is 19.8 Å². The first-order chi connectivity index (χ1) is 23.6. The summed E-state index contributed by atoms with van der Waals surface area (Å²) >= 11 is 0. The minimum Gasteiger partial charge on any atom is -0.444 e. The third kappa shape index (κ3) is 9.33. The van der Waals surface area contributed by atoms with Crippen LogP contribution in [0.2, 0.25) is 0 Å². The van der Waals surface area contributed by atoms with E-state index in [2.05, 4.69) is 27.7 Å². The molecule has 12 nitrogen and oxygen atoms in total. The molecular weight excluding hydrogens is 636 g/mol. The molecule has 4 heterocycles. The van der Waals surface area contributed by atoms with Crippen LogP contribution >= 0.6 is 0 Å². The Morgan fingerprint density at radius 2 is 1.12 bits per heavy atom. The van der Waals surface area contributed by atoms with E-state index in [1.807, 2.05) is 95.0 Å². The fourth-order valence-electron chi connectivity index (χ4n) is 7.05. The number of rotatable bonds is 4. The summed E-state index contributed by atoms with van der Waals surface area (Å²) in [5.41, 5.74) is 0.610. The number of nitrogens with zero attached hydrogens (tertiary/aromatic N) is 4. The van der Waals surface area contributed by atoms with Crippen molar-refractivity contribution >= 4 is 24.0 Å². The fourth-order valence-corrected chi connectivity index (χ4v) is 7.05. The van der Waals surface area contributed by atoms with E-state index in [0.717, 1.165) is 12.1 Å². The molecule has 0 saturated carbocycles. The van der Waals surface area contributed by atoms with Crippen LogP contribution in [0.3, 0.4) is 0 Å². The fraction of sp³-hybridized carbons (Fsp3) is 0.579. The summed E-state index contributed by atoms with van der Waals surface area (Å²) in [6.45, 7) is 15.6. The lowest BCUT2D eigenvalue weighted by Gasteiger charge is -2.44. The van der Waals surface area contributed by atoms with Crippen LogP contribution < -0.4 is 10.6 Å². The van der Waals surface area contributed by atoms with Gasteiger partial charge in [0.15, 0.2) is 0 Å². The van der Waals surface area contributed by atoms with Gasteiger partial charge in [0.2, 0.25) is 11.8 Å². The molecule has 12 heteroatoms. The van der Waals surface area contributed by atoms with Gasteiger partial charge in [-0.1, -0.05) is 60.7 Å². The molecule has 0 aromatic heterocycles. The van der Waals surface area contributed by atoms with Crippen LogP contribution in [-0.2, 0) is 32.2 Å². The molecule has 0 unspecified atom stereocenters. The molecule has 2 aromatic rings. The molecule has 4 aliphatic rings. The molecule has 4 fully saturated rings. The van der Waals surface area contributed by atoms with Crippen LogP contribution in [0.4, 0.5) is 9.59 Å². The maximum absolute atomic E-state index is 12.4. The maximum atomic E-state index is 12.4. The van der Waals surface area contributed by atoms with Crippen LogP contribution in [-0.4, -0.2) is 105 Å². The van der Waals surface area contributed by atoms with Crippen LogP contribution in [0.25, 0.3) is 0 Å². The third-order valence-corrected chi connectivity index (χ3v) is 9.58. The second-order valence-corrected chi connectivity index (χ2v) is 15.7. The zero-order chi connectivity index (χ0) is 36.2. The molecular formula is C38H54N6O6. The van der Waals surface area contributed by atoms with Crippen molar-refractivity contribution < 1.29 is 28.7 Å². The summed E-state index contributed by atoms with van der Waals surface area (Å²) in [6, 6.07) is 20.2. The Morgan fingerprint density at radius 3 is 1.58 bits per heavy atom. The van der Waals surface area contributed by atoms with Crippen molar-refractivity contribution in [2.45, 2.75) is 103 Å². The van der Waals surface area contributed by atoms with E-state index in [4.69, 9.17) is 9.47 Å². The summed E-state index contributed by atoms with van der Waals surface area (Å²) in [7, 11) is 0. The Balaban J connectivity index is 0.000000194. The topological polar surface area (TPSA) is 124 Å². The number of carbonyl (C=O) groups is 4. The molecule has 4 aliphatic heterocycles. The summed E-state index contributed by atoms with van der Waals surface area (Å²) in [5.74, 6) is 0.177. The molecule has 4 amide bonds. The van der Waals surface area contributed by atoms with Crippen molar-refractivity contribution in [1.82, 2.24) is 30.2 Å². The highest BCUT2D eigenvalue weighted by molar-refractivity contribution is 5.82. The molecule has 0 bridgehead atoms. The first-order valence-electron chi connectivity index (χ1n) is 17.7. The molecule has 2 spiro atoms. The number of carbonyl (C=O) groups excluding carboxylic acids is 4. The van der Waals surface area contributed by atoms with Gasteiger partial charge < -0.3 is 29.5 Å². The normalized spacial score (nSPS) is 20.4. The molecule has 2 aromatic carbocycles. The van der Waals surface area contributed by atoms with Gasteiger partial charge in [0, 0.05) is 65.0 Å². The van der Waals surface area contributed by atoms with Crippen LogP contribution in [0, 0.1) is 0 Å². The number of ether oxygens (including phenoxy) is 2. The van der Waals surface area contributed by atoms with E-state index in [-0.39, 0.29) is 35.3 Å². The average Bonchev–Trinajstić information content (AvgIpc) is 3.51. The van der Waals surface area contributed by atoms with Gasteiger partial charge in [-0.2, -0.15) is 0 Å². The Morgan fingerprint density at radius 1 is 0.680 bits per heavy atom. The van der Waals surface area contributed by atoms with E-state index in [1.165, 1.54) is 5.56 Å². The monoisotopic (exact) mass is 690 g/mol. The number of amides is 4. The Labute approximate surface area is 296 Å². The first kappa shape index (κ1) is 37.1. The van der Waals surface area contributed by atoms with Crippen molar-refractivity contribution in [1.29, 1.82) is 0 Å². The Hall–Kier alpha value is -4.16. The maximum Gasteiger partial charge on any atom is 0.410 e. The van der Waals surface area contributed by atoms with Crippen molar-refractivity contribution in [3.8, 4) is 0 Å². The van der Waals surface area contributed by atoms with Crippen LogP contribution in [0.1, 0.15) is 78.4 Å². The largest absolute Gasteiger partial charge is 0.444 e.